The molecule has 4 heteroatoms. The minimum absolute atomic E-state index is 0.0871. The highest BCUT2D eigenvalue weighted by atomic mass is 16.1. The van der Waals surface area contributed by atoms with Gasteiger partial charge < -0.3 is 16.4 Å². The fourth-order valence-electron chi connectivity index (χ4n) is 1.60. The zero-order valence-electron chi connectivity index (χ0n) is 11.6. The molecule has 1 rings (SSSR count). The van der Waals surface area contributed by atoms with Gasteiger partial charge in [0.05, 0.1) is 5.56 Å². The van der Waals surface area contributed by atoms with Crippen LogP contribution >= 0.6 is 0 Å². The van der Waals surface area contributed by atoms with Crippen LogP contribution in [-0.2, 0) is 0 Å². The maximum absolute atomic E-state index is 12.1. The van der Waals surface area contributed by atoms with Crippen molar-refractivity contribution < 1.29 is 4.79 Å². The van der Waals surface area contributed by atoms with Crippen molar-refractivity contribution in [3.05, 3.63) is 23.8 Å². The van der Waals surface area contributed by atoms with E-state index in [1.165, 1.54) is 0 Å². The number of anilines is 2. The van der Waals surface area contributed by atoms with Crippen LogP contribution in [0.1, 0.15) is 44.5 Å². The molecule has 0 saturated carbocycles. The van der Waals surface area contributed by atoms with Gasteiger partial charge in [-0.25, -0.2) is 0 Å². The van der Waals surface area contributed by atoms with E-state index in [9.17, 15) is 4.79 Å². The average Bonchev–Trinajstić information content (AvgIpc) is 2.26. The first-order valence-corrected chi connectivity index (χ1v) is 6.29. The first-order valence-electron chi connectivity index (χ1n) is 6.29. The SMILES string of the molecule is CCCNC(=O)c1cc(N)ccc1NC(C)(C)C. The molecule has 0 fully saturated rings. The van der Waals surface area contributed by atoms with E-state index >= 15 is 0 Å². The molecule has 4 nitrogen and oxygen atoms in total. The Labute approximate surface area is 109 Å². The summed E-state index contributed by atoms with van der Waals surface area (Å²) in [6.07, 6.45) is 0.913. The molecule has 0 bridgehead atoms. The third-order valence-electron chi connectivity index (χ3n) is 2.33. The second-order valence-electron chi connectivity index (χ2n) is 5.44. The van der Waals surface area contributed by atoms with Crippen LogP contribution in [0.5, 0.6) is 0 Å². The van der Waals surface area contributed by atoms with Gasteiger partial charge in [0.1, 0.15) is 0 Å². The Balaban J connectivity index is 3.00. The van der Waals surface area contributed by atoms with Crippen LogP contribution in [0.2, 0.25) is 0 Å². The van der Waals surface area contributed by atoms with Crippen molar-refractivity contribution in [1.29, 1.82) is 0 Å². The van der Waals surface area contributed by atoms with Crippen LogP contribution in [0.4, 0.5) is 11.4 Å². The summed E-state index contributed by atoms with van der Waals surface area (Å²) in [6.45, 7) is 8.85. The topological polar surface area (TPSA) is 67.2 Å². The number of hydrogen-bond acceptors (Lipinski definition) is 3. The predicted octanol–water partition coefficient (Wildman–Crippen LogP) is 2.62. The number of carbonyl (C=O) groups is 1. The maximum Gasteiger partial charge on any atom is 0.253 e. The van der Waals surface area contributed by atoms with Gasteiger partial charge in [0.2, 0.25) is 0 Å². The summed E-state index contributed by atoms with van der Waals surface area (Å²) in [7, 11) is 0. The lowest BCUT2D eigenvalue weighted by Crippen LogP contribution is -2.30. The molecule has 18 heavy (non-hydrogen) atoms. The number of hydrogen-bond donors (Lipinski definition) is 3. The smallest absolute Gasteiger partial charge is 0.253 e. The molecule has 0 aliphatic heterocycles. The Bertz CT molecular complexity index is 422. The monoisotopic (exact) mass is 249 g/mol. The molecule has 0 radical (unpaired) electrons. The fraction of sp³-hybridized carbons (Fsp3) is 0.500. The molecule has 0 unspecified atom stereocenters. The molecule has 1 aromatic carbocycles. The summed E-state index contributed by atoms with van der Waals surface area (Å²) in [6, 6.07) is 5.35. The van der Waals surface area contributed by atoms with Crippen LogP contribution in [-0.4, -0.2) is 18.0 Å². The maximum atomic E-state index is 12.1. The van der Waals surface area contributed by atoms with Crippen molar-refractivity contribution >= 4 is 17.3 Å². The van der Waals surface area contributed by atoms with Crippen molar-refractivity contribution in [2.24, 2.45) is 0 Å². The average molecular weight is 249 g/mol. The van der Waals surface area contributed by atoms with Gasteiger partial charge in [-0.05, 0) is 45.4 Å². The largest absolute Gasteiger partial charge is 0.399 e. The molecular formula is C14H23N3O. The number of nitrogens with one attached hydrogen (secondary N) is 2. The summed E-state index contributed by atoms with van der Waals surface area (Å²) >= 11 is 0. The Morgan fingerprint density at radius 3 is 2.56 bits per heavy atom. The highest BCUT2D eigenvalue weighted by molar-refractivity contribution is 6.00. The summed E-state index contributed by atoms with van der Waals surface area (Å²) in [5.41, 5.74) is 7.65. The Kier molecular flexibility index (Phi) is 4.59. The van der Waals surface area contributed by atoms with E-state index in [0.29, 0.717) is 17.8 Å². The van der Waals surface area contributed by atoms with Crippen LogP contribution in [0, 0.1) is 0 Å². The Morgan fingerprint density at radius 2 is 2.00 bits per heavy atom. The molecule has 0 spiro atoms. The van der Waals surface area contributed by atoms with Crippen molar-refractivity contribution in [2.75, 3.05) is 17.6 Å². The highest BCUT2D eigenvalue weighted by Gasteiger charge is 2.16. The van der Waals surface area contributed by atoms with Crippen LogP contribution < -0.4 is 16.4 Å². The minimum atomic E-state index is -0.101. The zero-order valence-corrected chi connectivity index (χ0v) is 11.6. The third kappa shape index (κ3) is 4.28. The second kappa shape index (κ2) is 5.76. The molecular weight excluding hydrogens is 226 g/mol. The van der Waals surface area contributed by atoms with E-state index in [-0.39, 0.29) is 11.4 Å². The minimum Gasteiger partial charge on any atom is -0.399 e. The molecule has 1 amide bonds. The lowest BCUT2D eigenvalue weighted by atomic mass is 10.1. The number of amides is 1. The fourth-order valence-corrected chi connectivity index (χ4v) is 1.60. The van der Waals surface area contributed by atoms with Gasteiger partial charge in [0, 0.05) is 23.5 Å². The summed E-state index contributed by atoms with van der Waals surface area (Å²) < 4.78 is 0. The van der Waals surface area contributed by atoms with E-state index in [0.717, 1.165) is 12.1 Å². The molecule has 4 N–H and O–H groups in total. The predicted molar refractivity (Wildman–Crippen MR) is 76.9 cm³/mol. The summed E-state index contributed by atoms with van der Waals surface area (Å²) in [4.78, 5) is 12.1. The number of nitrogens with two attached hydrogens (primary N) is 1. The number of benzene rings is 1. The standard InChI is InChI=1S/C14H23N3O/c1-5-8-16-13(18)11-9-10(15)6-7-12(11)17-14(2,3)4/h6-7,9,17H,5,8,15H2,1-4H3,(H,16,18). The quantitative estimate of drug-likeness (QED) is 0.719. The number of nitrogen functional groups attached to an aromatic ring is 1. The van der Waals surface area contributed by atoms with Crippen molar-refractivity contribution in [3.63, 3.8) is 0 Å². The summed E-state index contributed by atoms with van der Waals surface area (Å²) in [5.74, 6) is -0.0871. The van der Waals surface area contributed by atoms with Gasteiger partial charge in [0.25, 0.3) is 5.91 Å². The molecule has 0 aliphatic rings. The normalized spacial score (nSPS) is 11.1. The molecule has 0 aliphatic carbocycles. The van der Waals surface area contributed by atoms with E-state index in [1.54, 1.807) is 12.1 Å². The lowest BCUT2D eigenvalue weighted by Gasteiger charge is -2.24. The molecule has 0 aromatic heterocycles. The van der Waals surface area contributed by atoms with E-state index in [2.05, 4.69) is 31.4 Å². The van der Waals surface area contributed by atoms with Gasteiger partial charge in [-0.1, -0.05) is 6.92 Å². The molecule has 1 aromatic rings. The van der Waals surface area contributed by atoms with Crippen LogP contribution in [0.15, 0.2) is 18.2 Å². The van der Waals surface area contributed by atoms with Gasteiger partial charge >= 0.3 is 0 Å². The number of carbonyl (C=O) groups excluding carboxylic acids is 1. The van der Waals surface area contributed by atoms with E-state index in [4.69, 9.17) is 5.73 Å². The molecule has 100 valence electrons. The lowest BCUT2D eigenvalue weighted by molar-refractivity contribution is 0.0954. The van der Waals surface area contributed by atoms with Gasteiger partial charge in [0.15, 0.2) is 0 Å². The Morgan fingerprint density at radius 1 is 1.33 bits per heavy atom. The first kappa shape index (κ1) is 14.4. The third-order valence-corrected chi connectivity index (χ3v) is 2.33. The number of rotatable bonds is 4. The van der Waals surface area contributed by atoms with Crippen molar-refractivity contribution in [2.45, 2.75) is 39.7 Å². The highest BCUT2D eigenvalue weighted by Crippen LogP contribution is 2.22. The summed E-state index contributed by atoms with van der Waals surface area (Å²) in [5, 5.41) is 6.19. The Hall–Kier alpha value is -1.71. The molecule has 0 heterocycles. The van der Waals surface area contributed by atoms with Crippen LogP contribution in [0.25, 0.3) is 0 Å². The molecule has 0 atom stereocenters. The second-order valence-corrected chi connectivity index (χ2v) is 5.44. The molecule has 0 saturated heterocycles. The van der Waals surface area contributed by atoms with Gasteiger partial charge in [-0.15, -0.1) is 0 Å². The van der Waals surface area contributed by atoms with E-state index < -0.39 is 0 Å². The zero-order chi connectivity index (χ0) is 13.8. The van der Waals surface area contributed by atoms with Crippen molar-refractivity contribution in [3.8, 4) is 0 Å². The first-order chi connectivity index (χ1) is 8.33. The van der Waals surface area contributed by atoms with Gasteiger partial charge in [-0.3, -0.25) is 4.79 Å². The van der Waals surface area contributed by atoms with E-state index in [1.807, 2.05) is 13.0 Å². The van der Waals surface area contributed by atoms with Gasteiger partial charge in [-0.2, -0.15) is 0 Å². The van der Waals surface area contributed by atoms with Crippen LogP contribution in [0.3, 0.4) is 0 Å². The van der Waals surface area contributed by atoms with Crippen molar-refractivity contribution in [1.82, 2.24) is 5.32 Å².